The lowest BCUT2D eigenvalue weighted by Crippen LogP contribution is -2.43. The molecule has 32 heavy (non-hydrogen) atoms. The molecule has 2 aromatic rings. The molecule has 1 heterocycles. The number of likely N-dealkylation sites (tertiary alicyclic amines) is 1. The van der Waals surface area contributed by atoms with Crippen molar-refractivity contribution in [3.63, 3.8) is 0 Å². The maximum atomic E-state index is 13.0. The monoisotopic (exact) mass is 497 g/mol. The van der Waals surface area contributed by atoms with E-state index in [1.165, 1.54) is 23.8 Å². The van der Waals surface area contributed by atoms with Gasteiger partial charge >= 0.3 is 5.97 Å². The van der Waals surface area contributed by atoms with E-state index in [2.05, 4.69) is 84.1 Å². The zero-order valence-corrected chi connectivity index (χ0v) is 21.5. The minimum atomic E-state index is -0.609. The first-order valence-electron chi connectivity index (χ1n) is 11.7. The van der Waals surface area contributed by atoms with Crippen LogP contribution in [0, 0.1) is 12.8 Å². The van der Waals surface area contributed by atoms with E-state index in [-0.39, 0.29) is 11.9 Å². The molecule has 0 spiro atoms. The Hall–Kier alpha value is -1.91. The number of aryl methyl sites for hydroxylation is 1. The molecule has 1 atom stereocenters. The first kappa shape index (κ1) is 24.7. The van der Waals surface area contributed by atoms with Crippen LogP contribution in [0.15, 0.2) is 58.6 Å². The van der Waals surface area contributed by atoms with Crippen LogP contribution >= 0.6 is 15.9 Å². The van der Waals surface area contributed by atoms with E-state index in [0.717, 1.165) is 55.4 Å². The third-order valence-corrected chi connectivity index (χ3v) is 7.42. The van der Waals surface area contributed by atoms with E-state index in [1.807, 2.05) is 12.1 Å². The SMILES string of the molecule is COC(=O)C(CCCN1CCC(=Cc2ccc(C)cc2)CC1)(c1ccc(Br)cc1)C(C)C. The van der Waals surface area contributed by atoms with Gasteiger partial charge in [0.1, 0.15) is 0 Å². The van der Waals surface area contributed by atoms with Gasteiger partial charge in [-0.05, 0) is 68.3 Å². The number of halogens is 1. The van der Waals surface area contributed by atoms with Gasteiger partial charge < -0.3 is 9.64 Å². The summed E-state index contributed by atoms with van der Waals surface area (Å²) in [5.74, 6) is 0.0262. The lowest BCUT2D eigenvalue weighted by Gasteiger charge is -2.36. The number of carbonyl (C=O) groups excluding carboxylic acids is 1. The highest BCUT2D eigenvalue weighted by atomic mass is 79.9. The standard InChI is InChI=1S/C28H36BrNO2/c1-21(2)28(27(31)32-4,25-10-12-26(29)13-11-25)16-5-17-30-18-14-24(15-19-30)20-23-8-6-22(3)7-9-23/h6-13,20-21H,5,14-19H2,1-4H3. The molecule has 0 saturated carbocycles. The van der Waals surface area contributed by atoms with Gasteiger partial charge in [0.2, 0.25) is 0 Å². The number of ether oxygens (including phenoxy) is 1. The number of hydrogen-bond acceptors (Lipinski definition) is 3. The average Bonchev–Trinajstić information content (AvgIpc) is 2.79. The minimum absolute atomic E-state index is 0.128. The third-order valence-electron chi connectivity index (χ3n) is 6.89. The summed E-state index contributed by atoms with van der Waals surface area (Å²) in [6.07, 6.45) is 6.35. The fourth-order valence-electron chi connectivity index (χ4n) is 4.84. The highest BCUT2D eigenvalue weighted by molar-refractivity contribution is 9.10. The second-order valence-electron chi connectivity index (χ2n) is 9.28. The van der Waals surface area contributed by atoms with Gasteiger partial charge in [-0.1, -0.05) is 83.4 Å². The van der Waals surface area contributed by atoms with Crippen molar-refractivity contribution in [2.24, 2.45) is 5.92 Å². The van der Waals surface area contributed by atoms with E-state index >= 15 is 0 Å². The van der Waals surface area contributed by atoms with Crippen LogP contribution in [-0.2, 0) is 14.9 Å². The first-order valence-corrected chi connectivity index (χ1v) is 12.5. The van der Waals surface area contributed by atoms with Crippen LogP contribution < -0.4 is 0 Å². The van der Waals surface area contributed by atoms with Crippen LogP contribution in [0.4, 0.5) is 0 Å². The summed E-state index contributed by atoms with van der Waals surface area (Å²) >= 11 is 3.51. The lowest BCUT2D eigenvalue weighted by atomic mass is 9.68. The molecule has 2 aromatic carbocycles. The normalized spacial score (nSPS) is 16.6. The zero-order valence-electron chi connectivity index (χ0n) is 19.9. The number of benzene rings is 2. The number of nitrogens with zero attached hydrogens (tertiary/aromatic N) is 1. The molecule has 0 N–H and O–H groups in total. The van der Waals surface area contributed by atoms with Crippen LogP contribution in [-0.4, -0.2) is 37.6 Å². The zero-order chi connectivity index (χ0) is 23.1. The fraction of sp³-hybridized carbons (Fsp3) is 0.464. The molecule has 0 aromatic heterocycles. The Labute approximate surface area is 202 Å². The molecule has 3 rings (SSSR count). The minimum Gasteiger partial charge on any atom is -0.468 e. The predicted molar refractivity (Wildman–Crippen MR) is 137 cm³/mol. The molecule has 4 heteroatoms. The second kappa shape index (κ2) is 11.3. The van der Waals surface area contributed by atoms with Gasteiger partial charge in [-0.25, -0.2) is 0 Å². The summed E-state index contributed by atoms with van der Waals surface area (Å²) in [5, 5.41) is 0. The number of hydrogen-bond donors (Lipinski definition) is 0. The van der Waals surface area contributed by atoms with E-state index in [1.54, 1.807) is 0 Å². The molecular weight excluding hydrogens is 462 g/mol. The molecule has 1 unspecified atom stereocenters. The van der Waals surface area contributed by atoms with Crippen molar-refractivity contribution in [2.45, 2.75) is 51.9 Å². The Morgan fingerprint density at radius 2 is 1.72 bits per heavy atom. The summed E-state index contributed by atoms with van der Waals surface area (Å²) in [5.41, 5.74) is 4.57. The number of piperidine rings is 1. The number of esters is 1. The Balaban J connectivity index is 1.61. The molecule has 0 bridgehead atoms. The maximum absolute atomic E-state index is 13.0. The molecular formula is C28H36BrNO2. The summed E-state index contributed by atoms with van der Waals surface area (Å²) in [6, 6.07) is 16.9. The van der Waals surface area contributed by atoms with Gasteiger partial charge in [-0.15, -0.1) is 0 Å². The topological polar surface area (TPSA) is 29.5 Å². The molecule has 0 aliphatic carbocycles. The van der Waals surface area contributed by atoms with E-state index < -0.39 is 5.41 Å². The fourth-order valence-corrected chi connectivity index (χ4v) is 5.10. The molecule has 1 fully saturated rings. The van der Waals surface area contributed by atoms with Gasteiger partial charge in [0, 0.05) is 17.6 Å². The average molecular weight is 499 g/mol. The Morgan fingerprint density at radius 1 is 1.09 bits per heavy atom. The van der Waals surface area contributed by atoms with Gasteiger partial charge in [0.15, 0.2) is 0 Å². The van der Waals surface area contributed by atoms with Crippen LogP contribution in [0.2, 0.25) is 0 Å². The van der Waals surface area contributed by atoms with Crippen LogP contribution in [0.1, 0.15) is 56.2 Å². The lowest BCUT2D eigenvalue weighted by molar-refractivity contribution is -0.150. The summed E-state index contributed by atoms with van der Waals surface area (Å²) in [4.78, 5) is 15.6. The van der Waals surface area contributed by atoms with Crippen molar-refractivity contribution < 1.29 is 9.53 Å². The van der Waals surface area contributed by atoms with Gasteiger partial charge in [-0.3, -0.25) is 4.79 Å². The van der Waals surface area contributed by atoms with Gasteiger partial charge in [0.05, 0.1) is 12.5 Å². The number of rotatable bonds is 8. The predicted octanol–water partition coefficient (Wildman–Crippen LogP) is 6.78. The van der Waals surface area contributed by atoms with Crippen molar-refractivity contribution in [3.05, 3.63) is 75.3 Å². The molecule has 1 aliphatic rings. The molecule has 0 amide bonds. The summed E-state index contributed by atoms with van der Waals surface area (Å²) < 4.78 is 6.33. The summed E-state index contributed by atoms with van der Waals surface area (Å²) in [7, 11) is 1.50. The highest BCUT2D eigenvalue weighted by Gasteiger charge is 2.43. The number of carbonyl (C=O) groups is 1. The quantitative estimate of drug-likeness (QED) is 0.376. The van der Waals surface area contributed by atoms with Gasteiger partial charge in [-0.2, -0.15) is 0 Å². The van der Waals surface area contributed by atoms with Crippen molar-refractivity contribution in [1.82, 2.24) is 4.90 Å². The van der Waals surface area contributed by atoms with Crippen LogP contribution in [0.25, 0.3) is 6.08 Å². The van der Waals surface area contributed by atoms with Crippen LogP contribution in [0.3, 0.4) is 0 Å². The van der Waals surface area contributed by atoms with E-state index in [4.69, 9.17) is 4.74 Å². The second-order valence-corrected chi connectivity index (χ2v) is 10.2. The molecule has 3 nitrogen and oxygen atoms in total. The van der Waals surface area contributed by atoms with Crippen molar-refractivity contribution >= 4 is 28.0 Å². The Bertz CT molecular complexity index is 907. The number of methoxy groups -OCH3 is 1. The van der Waals surface area contributed by atoms with E-state index in [9.17, 15) is 4.79 Å². The molecule has 172 valence electrons. The third kappa shape index (κ3) is 5.90. The van der Waals surface area contributed by atoms with Crippen molar-refractivity contribution in [1.29, 1.82) is 0 Å². The maximum Gasteiger partial charge on any atom is 0.316 e. The highest BCUT2D eigenvalue weighted by Crippen LogP contribution is 2.39. The molecule has 0 radical (unpaired) electrons. The Kier molecular flexibility index (Phi) is 8.72. The first-order chi connectivity index (χ1) is 15.3. The summed E-state index contributed by atoms with van der Waals surface area (Å²) in [6.45, 7) is 9.57. The smallest absolute Gasteiger partial charge is 0.316 e. The van der Waals surface area contributed by atoms with Crippen LogP contribution in [0.5, 0.6) is 0 Å². The van der Waals surface area contributed by atoms with Gasteiger partial charge in [0.25, 0.3) is 0 Å². The largest absolute Gasteiger partial charge is 0.468 e. The molecule has 1 saturated heterocycles. The van der Waals surface area contributed by atoms with Crippen molar-refractivity contribution in [3.8, 4) is 0 Å². The Morgan fingerprint density at radius 3 is 2.28 bits per heavy atom. The molecule has 1 aliphatic heterocycles. The van der Waals surface area contributed by atoms with Crippen molar-refractivity contribution in [2.75, 3.05) is 26.7 Å². The van der Waals surface area contributed by atoms with E-state index in [0.29, 0.717) is 0 Å².